The van der Waals surface area contributed by atoms with E-state index in [1.807, 2.05) is 0 Å². The van der Waals surface area contributed by atoms with E-state index in [0.717, 1.165) is 0 Å². The summed E-state index contributed by atoms with van der Waals surface area (Å²) < 4.78 is 15.6. The van der Waals surface area contributed by atoms with Gasteiger partial charge in [0.15, 0.2) is 5.41 Å². The normalized spacial score (nSPS) is 27.5. The van der Waals surface area contributed by atoms with Gasteiger partial charge < -0.3 is 14.2 Å². The highest BCUT2D eigenvalue weighted by Gasteiger charge is 2.73. The first-order valence-electron chi connectivity index (χ1n) is 7.54. The molecule has 0 aliphatic heterocycles. The summed E-state index contributed by atoms with van der Waals surface area (Å²) in [6.45, 7) is 8.85. The van der Waals surface area contributed by atoms with Crippen LogP contribution in [0.4, 0.5) is 0 Å². The molecule has 2 atom stereocenters. The average Bonchev–Trinajstić information content (AvgIpc) is 2.99. The smallest absolute Gasteiger partial charge is 0.333 e. The molecule has 2 unspecified atom stereocenters. The van der Waals surface area contributed by atoms with Crippen molar-refractivity contribution in [1.29, 1.82) is 0 Å². The molecule has 6 heteroatoms. The molecule has 0 spiro atoms. The predicted octanol–water partition coefficient (Wildman–Crippen LogP) is 1.77. The van der Waals surface area contributed by atoms with Crippen molar-refractivity contribution < 1.29 is 28.6 Å². The number of ether oxygens (including phenoxy) is 3. The summed E-state index contributed by atoms with van der Waals surface area (Å²) >= 11 is 0. The highest BCUT2D eigenvalue weighted by molar-refractivity contribution is 6.01. The van der Waals surface area contributed by atoms with E-state index in [9.17, 15) is 14.4 Å². The summed E-state index contributed by atoms with van der Waals surface area (Å²) in [6, 6.07) is 0. The quantitative estimate of drug-likeness (QED) is 0.322. The SMILES string of the molecule is C=C(C)C(=O)OC12CC1CC(C(=O)OCC)(C(=O)OCC)C2. The van der Waals surface area contributed by atoms with Crippen molar-refractivity contribution >= 4 is 17.9 Å². The number of carbonyl (C=O) groups excluding carboxylic acids is 3. The molecular weight excluding hydrogens is 288 g/mol. The molecule has 0 heterocycles. The van der Waals surface area contributed by atoms with E-state index in [1.54, 1.807) is 20.8 Å². The van der Waals surface area contributed by atoms with E-state index >= 15 is 0 Å². The number of hydrogen-bond donors (Lipinski definition) is 0. The van der Waals surface area contributed by atoms with Crippen molar-refractivity contribution in [2.24, 2.45) is 11.3 Å². The monoisotopic (exact) mass is 310 g/mol. The Kier molecular flexibility index (Phi) is 4.31. The summed E-state index contributed by atoms with van der Waals surface area (Å²) in [7, 11) is 0. The molecule has 0 aromatic heterocycles. The van der Waals surface area contributed by atoms with Gasteiger partial charge in [-0.05, 0) is 33.6 Å². The Labute approximate surface area is 129 Å². The minimum Gasteiger partial charge on any atom is -0.465 e. The molecule has 0 aromatic carbocycles. The highest BCUT2D eigenvalue weighted by Crippen LogP contribution is 2.65. The lowest BCUT2D eigenvalue weighted by atomic mass is 9.82. The van der Waals surface area contributed by atoms with Gasteiger partial charge in [0.1, 0.15) is 5.60 Å². The largest absolute Gasteiger partial charge is 0.465 e. The maximum absolute atomic E-state index is 12.3. The third kappa shape index (κ3) is 2.62. The fourth-order valence-electron chi connectivity index (χ4n) is 3.20. The summed E-state index contributed by atoms with van der Waals surface area (Å²) in [5, 5.41) is 0. The van der Waals surface area contributed by atoms with Crippen LogP contribution in [0.5, 0.6) is 0 Å². The first kappa shape index (κ1) is 16.5. The van der Waals surface area contributed by atoms with Crippen LogP contribution in [-0.2, 0) is 28.6 Å². The van der Waals surface area contributed by atoms with E-state index < -0.39 is 28.9 Å². The minimum atomic E-state index is -1.36. The first-order valence-corrected chi connectivity index (χ1v) is 7.54. The van der Waals surface area contributed by atoms with Gasteiger partial charge >= 0.3 is 17.9 Å². The molecular formula is C16H22O6. The summed E-state index contributed by atoms with van der Waals surface area (Å²) in [4.78, 5) is 36.4. The maximum Gasteiger partial charge on any atom is 0.333 e. The Balaban J connectivity index is 2.20. The molecule has 2 fully saturated rings. The zero-order valence-corrected chi connectivity index (χ0v) is 13.3. The Bertz CT molecular complexity index is 505. The third-order valence-corrected chi connectivity index (χ3v) is 4.35. The lowest BCUT2D eigenvalue weighted by molar-refractivity contribution is -0.175. The van der Waals surface area contributed by atoms with Crippen LogP contribution < -0.4 is 0 Å². The van der Waals surface area contributed by atoms with Crippen LogP contribution in [0.25, 0.3) is 0 Å². The molecule has 0 saturated heterocycles. The van der Waals surface area contributed by atoms with Gasteiger partial charge in [-0.1, -0.05) is 6.58 Å². The molecule has 2 saturated carbocycles. The van der Waals surface area contributed by atoms with Gasteiger partial charge in [-0.3, -0.25) is 9.59 Å². The van der Waals surface area contributed by atoms with E-state index in [2.05, 4.69) is 6.58 Å². The summed E-state index contributed by atoms with van der Waals surface area (Å²) in [5.74, 6) is -1.69. The van der Waals surface area contributed by atoms with Crippen molar-refractivity contribution in [2.75, 3.05) is 13.2 Å². The molecule has 6 nitrogen and oxygen atoms in total. The van der Waals surface area contributed by atoms with Gasteiger partial charge in [0.05, 0.1) is 13.2 Å². The molecule has 2 aliphatic rings. The van der Waals surface area contributed by atoms with E-state index in [-0.39, 0.29) is 25.6 Å². The topological polar surface area (TPSA) is 78.9 Å². The standard InChI is InChI=1S/C16H22O6/c1-5-20-13(18)15(14(19)21-6-2)7-11-8-16(11,9-15)22-12(17)10(3)4/h11H,3,5-9H2,1-2,4H3. The van der Waals surface area contributed by atoms with Crippen LogP contribution in [0.15, 0.2) is 12.2 Å². The second-order valence-corrected chi connectivity index (χ2v) is 6.04. The number of hydrogen-bond acceptors (Lipinski definition) is 6. The molecule has 0 amide bonds. The summed E-state index contributed by atoms with van der Waals surface area (Å²) in [5.41, 5.74) is -1.82. The van der Waals surface area contributed by atoms with E-state index in [4.69, 9.17) is 14.2 Å². The van der Waals surface area contributed by atoms with Crippen molar-refractivity contribution in [1.82, 2.24) is 0 Å². The van der Waals surface area contributed by atoms with Crippen LogP contribution in [0.1, 0.15) is 40.0 Å². The van der Waals surface area contributed by atoms with Crippen LogP contribution >= 0.6 is 0 Å². The Morgan fingerprint density at radius 3 is 2.09 bits per heavy atom. The molecule has 0 bridgehead atoms. The number of fused-ring (bicyclic) bond motifs is 1. The van der Waals surface area contributed by atoms with Gasteiger partial charge in [0.25, 0.3) is 0 Å². The van der Waals surface area contributed by atoms with Crippen molar-refractivity contribution in [2.45, 2.75) is 45.6 Å². The van der Waals surface area contributed by atoms with E-state index in [0.29, 0.717) is 18.4 Å². The van der Waals surface area contributed by atoms with Gasteiger partial charge in [-0.25, -0.2) is 4.79 Å². The third-order valence-electron chi connectivity index (χ3n) is 4.35. The predicted molar refractivity (Wildman–Crippen MR) is 76.7 cm³/mol. The van der Waals surface area contributed by atoms with Crippen LogP contribution in [0, 0.1) is 11.3 Å². The van der Waals surface area contributed by atoms with Crippen LogP contribution in [-0.4, -0.2) is 36.7 Å². The number of rotatable bonds is 6. The van der Waals surface area contributed by atoms with Gasteiger partial charge in [0.2, 0.25) is 0 Å². The van der Waals surface area contributed by atoms with Crippen LogP contribution in [0.3, 0.4) is 0 Å². The minimum absolute atomic E-state index is 0.00962. The van der Waals surface area contributed by atoms with Crippen molar-refractivity contribution in [3.63, 3.8) is 0 Å². The molecule has 0 N–H and O–H groups in total. The Morgan fingerprint density at radius 2 is 1.64 bits per heavy atom. The lowest BCUT2D eigenvalue weighted by Gasteiger charge is -2.27. The molecule has 0 radical (unpaired) electrons. The molecule has 2 aliphatic carbocycles. The highest BCUT2D eigenvalue weighted by atomic mass is 16.6. The first-order chi connectivity index (χ1) is 10.3. The fourth-order valence-corrected chi connectivity index (χ4v) is 3.20. The lowest BCUT2D eigenvalue weighted by Crippen LogP contribution is -2.42. The molecule has 122 valence electrons. The Hall–Kier alpha value is -1.85. The van der Waals surface area contributed by atoms with Crippen molar-refractivity contribution in [3.05, 3.63) is 12.2 Å². The Morgan fingerprint density at radius 1 is 1.09 bits per heavy atom. The molecule has 22 heavy (non-hydrogen) atoms. The second kappa shape index (κ2) is 5.74. The fraction of sp³-hybridized carbons (Fsp3) is 0.688. The van der Waals surface area contributed by atoms with Gasteiger partial charge in [0, 0.05) is 17.9 Å². The van der Waals surface area contributed by atoms with Crippen molar-refractivity contribution in [3.8, 4) is 0 Å². The second-order valence-electron chi connectivity index (χ2n) is 6.04. The maximum atomic E-state index is 12.3. The average molecular weight is 310 g/mol. The number of esters is 3. The summed E-state index contributed by atoms with van der Waals surface area (Å²) in [6.07, 6.45) is 1.09. The van der Waals surface area contributed by atoms with Gasteiger partial charge in [-0.2, -0.15) is 0 Å². The number of carbonyl (C=O) groups is 3. The van der Waals surface area contributed by atoms with E-state index in [1.165, 1.54) is 0 Å². The molecule has 2 rings (SSSR count). The van der Waals surface area contributed by atoms with Gasteiger partial charge in [-0.15, -0.1) is 0 Å². The molecule has 0 aromatic rings. The zero-order valence-electron chi connectivity index (χ0n) is 13.3. The zero-order chi connectivity index (χ0) is 16.5. The van der Waals surface area contributed by atoms with Crippen LogP contribution in [0.2, 0.25) is 0 Å².